The highest BCUT2D eigenvalue weighted by Gasteiger charge is 2.37. The number of nitrogens with zero attached hydrogens (tertiary/aromatic N) is 3. The number of H-pyrrole nitrogens is 1. The van der Waals surface area contributed by atoms with Crippen LogP contribution >= 0.6 is 0 Å². The van der Waals surface area contributed by atoms with Crippen LogP contribution in [0.5, 0.6) is 0 Å². The first kappa shape index (κ1) is 27.8. The second-order valence-corrected chi connectivity index (χ2v) is 13.2. The number of amides is 1. The molecule has 0 radical (unpaired) electrons. The highest BCUT2D eigenvalue weighted by Crippen LogP contribution is 2.44. The summed E-state index contributed by atoms with van der Waals surface area (Å²) in [5.41, 5.74) is 2.20. The van der Waals surface area contributed by atoms with Gasteiger partial charge < -0.3 is 20.1 Å². The van der Waals surface area contributed by atoms with Crippen LogP contribution in [0.4, 0.5) is 5.69 Å². The number of carbonyl (C=O) groups is 1. The largest absolute Gasteiger partial charge is 0.395 e. The van der Waals surface area contributed by atoms with Crippen molar-refractivity contribution in [3.8, 4) is 0 Å². The molecule has 1 unspecified atom stereocenters. The fourth-order valence-corrected chi connectivity index (χ4v) is 7.12. The molecular weight excluding hydrogens is 494 g/mol. The van der Waals surface area contributed by atoms with Crippen LogP contribution in [0.15, 0.2) is 18.2 Å². The molecule has 1 atom stereocenters. The Morgan fingerprint density at radius 1 is 1.24 bits per heavy atom. The third-order valence-corrected chi connectivity index (χ3v) is 9.64. The van der Waals surface area contributed by atoms with Gasteiger partial charge in [-0.1, -0.05) is 20.8 Å². The van der Waals surface area contributed by atoms with E-state index < -0.39 is 10.2 Å². The normalized spacial score (nSPS) is 19.7. The first-order chi connectivity index (χ1) is 17.5. The van der Waals surface area contributed by atoms with Crippen LogP contribution in [0.1, 0.15) is 58.2 Å². The molecule has 1 aromatic carbocycles. The molecule has 10 nitrogen and oxygen atoms in total. The highest BCUT2D eigenvalue weighted by molar-refractivity contribution is 7.90. The van der Waals surface area contributed by atoms with Gasteiger partial charge in [-0.2, -0.15) is 12.7 Å². The summed E-state index contributed by atoms with van der Waals surface area (Å²) in [6, 6.07) is 5.53. The Labute approximate surface area is 219 Å². The van der Waals surface area contributed by atoms with Crippen LogP contribution in [-0.2, 0) is 19.7 Å². The lowest BCUT2D eigenvalue weighted by atomic mass is 9.70. The first-order valence-corrected chi connectivity index (χ1v) is 14.6. The molecule has 2 aromatic rings. The number of fused-ring (bicyclic) bond motifs is 1. The van der Waals surface area contributed by atoms with Crippen molar-refractivity contribution in [2.24, 2.45) is 17.3 Å². The Bertz CT molecular complexity index is 1180. The molecule has 0 aliphatic carbocycles. The van der Waals surface area contributed by atoms with Crippen molar-refractivity contribution in [3.05, 3.63) is 24.0 Å². The second-order valence-electron chi connectivity index (χ2n) is 11.3. The summed E-state index contributed by atoms with van der Waals surface area (Å²) in [5.74, 6) is 1.29. The first-order valence-electron chi connectivity index (χ1n) is 13.2. The van der Waals surface area contributed by atoms with Crippen LogP contribution in [-0.4, -0.2) is 80.2 Å². The summed E-state index contributed by atoms with van der Waals surface area (Å²) in [4.78, 5) is 20.7. The van der Waals surface area contributed by atoms with Gasteiger partial charge in [-0.25, -0.2) is 4.98 Å². The Morgan fingerprint density at radius 3 is 2.54 bits per heavy atom. The van der Waals surface area contributed by atoms with Gasteiger partial charge >= 0.3 is 10.2 Å². The predicted molar refractivity (Wildman–Crippen MR) is 144 cm³/mol. The number of aliphatic hydroxyl groups is 1. The number of rotatable bonds is 8. The van der Waals surface area contributed by atoms with Crippen LogP contribution in [0.25, 0.3) is 11.0 Å². The van der Waals surface area contributed by atoms with Gasteiger partial charge in [0.15, 0.2) is 0 Å². The Morgan fingerprint density at radius 2 is 1.92 bits per heavy atom. The number of carbonyl (C=O) groups excluding carboxylic acids is 1. The van der Waals surface area contributed by atoms with Gasteiger partial charge in [0.25, 0.3) is 0 Å². The van der Waals surface area contributed by atoms with Crippen molar-refractivity contribution in [1.82, 2.24) is 19.6 Å². The molecule has 11 heteroatoms. The number of anilines is 1. The quantitative estimate of drug-likeness (QED) is 0.477. The van der Waals surface area contributed by atoms with Gasteiger partial charge in [-0.15, -0.1) is 0 Å². The Kier molecular flexibility index (Phi) is 8.47. The van der Waals surface area contributed by atoms with Crippen molar-refractivity contribution >= 4 is 32.8 Å². The van der Waals surface area contributed by atoms with Crippen molar-refractivity contribution in [1.29, 1.82) is 0 Å². The van der Waals surface area contributed by atoms with E-state index in [4.69, 9.17) is 14.8 Å². The molecule has 37 heavy (non-hydrogen) atoms. The lowest BCUT2D eigenvalue weighted by molar-refractivity contribution is -0.126. The van der Waals surface area contributed by atoms with E-state index in [1.54, 1.807) is 13.1 Å². The number of imidazole rings is 1. The topological polar surface area (TPSA) is 128 Å². The summed E-state index contributed by atoms with van der Waals surface area (Å²) in [5, 5.41) is 11.6. The summed E-state index contributed by atoms with van der Waals surface area (Å²) in [6.45, 7) is 8.92. The minimum atomic E-state index is -3.76. The maximum Gasteiger partial charge on any atom is 0.303 e. The van der Waals surface area contributed by atoms with E-state index in [9.17, 15) is 13.2 Å². The predicted octanol–water partition coefficient (Wildman–Crippen LogP) is 2.62. The van der Waals surface area contributed by atoms with Crippen molar-refractivity contribution in [3.63, 3.8) is 0 Å². The zero-order chi connectivity index (χ0) is 26.8. The average Bonchev–Trinajstić information content (AvgIpc) is 3.29. The summed E-state index contributed by atoms with van der Waals surface area (Å²) >= 11 is 0. The van der Waals surface area contributed by atoms with Gasteiger partial charge in [0, 0.05) is 51.7 Å². The number of hydrogen-bond acceptors (Lipinski definition) is 6. The molecule has 2 saturated heterocycles. The Balaban J connectivity index is 1.50. The third kappa shape index (κ3) is 6.10. The van der Waals surface area contributed by atoms with E-state index in [-0.39, 0.29) is 49.4 Å². The molecule has 206 valence electrons. The molecule has 0 saturated carbocycles. The summed E-state index contributed by atoms with van der Waals surface area (Å²) in [7, 11) is -2.20. The minimum Gasteiger partial charge on any atom is -0.395 e. The van der Waals surface area contributed by atoms with Crippen LogP contribution < -0.4 is 9.62 Å². The number of aliphatic hydroxyl groups excluding tert-OH is 1. The van der Waals surface area contributed by atoms with Gasteiger partial charge in [0.1, 0.15) is 5.82 Å². The van der Waals surface area contributed by atoms with E-state index >= 15 is 0 Å². The minimum absolute atomic E-state index is 0.0139. The number of aromatic nitrogens is 2. The van der Waals surface area contributed by atoms with E-state index in [2.05, 4.69) is 31.1 Å². The highest BCUT2D eigenvalue weighted by atomic mass is 32.2. The number of ether oxygens (including phenoxy) is 1. The average molecular weight is 536 g/mol. The van der Waals surface area contributed by atoms with Gasteiger partial charge in [0.05, 0.1) is 23.3 Å². The summed E-state index contributed by atoms with van der Waals surface area (Å²) in [6.07, 6.45) is 2.91. The number of hydrogen-bond donors (Lipinski definition) is 3. The maximum absolute atomic E-state index is 13.4. The van der Waals surface area contributed by atoms with Crippen molar-refractivity contribution in [2.45, 2.75) is 52.4 Å². The summed E-state index contributed by atoms with van der Waals surface area (Å²) < 4.78 is 35.1. The number of nitrogens with one attached hydrogen (secondary N) is 2. The number of piperidine rings is 1. The third-order valence-electron chi connectivity index (χ3n) is 7.72. The zero-order valence-corrected chi connectivity index (χ0v) is 23.2. The molecule has 3 heterocycles. The van der Waals surface area contributed by atoms with Crippen molar-refractivity contribution < 1.29 is 23.1 Å². The van der Waals surface area contributed by atoms with Gasteiger partial charge in [-0.3, -0.25) is 9.10 Å². The van der Waals surface area contributed by atoms with Crippen LogP contribution in [0.3, 0.4) is 0 Å². The molecular formula is C26H41N5O5S. The fraction of sp³-hybridized carbons (Fsp3) is 0.692. The van der Waals surface area contributed by atoms with Crippen LogP contribution in [0, 0.1) is 17.3 Å². The maximum atomic E-state index is 13.4. The van der Waals surface area contributed by atoms with E-state index in [1.807, 2.05) is 12.1 Å². The van der Waals surface area contributed by atoms with E-state index in [1.165, 1.54) is 8.61 Å². The van der Waals surface area contributed by atoms with E-state index in [0.29, 0.717) is 24.4 Å². The Hall–Kier alpha value is -2.21. The molecule has 4 rings (SSSR count). The molecule has 2 aliphatic rings. The molecule has 2 aliphatic heterocycles. The standard InChI is InChI=1S/C26H41N5O5S/c1-26(2,3)23(18-9-15-36-16-10-18)24-28-21-6-5-20(17-22(21)29-24)30(4)37(34,35)31-12-7-19(8-13-31)25(33)27-11-14-32/h5-6,17-19,23,32H,7-16H2,1-4H3,(H,27,33)(H,28,29). The fourth-order valence-electron chi connectivity index (χ4n) is 5.73. The SMILES string of the molecule is CN(c1ccc2[nH]c(C(C3CCOCC3)C(C)(C)C)nc2c1)S(=O)(=O)N1CCC(C(=O)NCCO)CC1. The smallest absolute Gasteiger partial charge is 0.303 e. The molecule has 2 fully saturated rings. The molecule has 1 aromatic heterocycles. The van der Waals surface area contributed by atoms with Gasteiger partial charge in [0.2, 0.25) is 5.91 Å². The zero-order valence-electron chi connectivity index (χ0n) is 22.4. The lowest BCUT2D eigenvalue weighted by Crippen LogP contribution is -2.48. The number of benzene rings is 1. The van der Waals surface area contributed by atoms with Crippen molar-refractivity contribution in [2.75, 3.05) is 50.8 Å². The van der Waals surface area contributed by atoms with Gasteiger partial charge in [-0.05, 0) is 55.2 Å². The number of aromatic amines is 1. The molecule has 3 N–H and O–H groups in total. The lowest BCUT2D eigenvalue weighted by Gasteiger charge is -2.37. The molecule has 0 spiro atoms. The second kappa shape index (κ2) is 11.3. The van der Waals surface area contributed by atoms with E-state index in [0.717, 1.165) is 42.9 Å². The molecule has 1 amide bonds. The molecule has 0 bridgehead atoms. The van der Waals surface area contributed by atoms with Crippen LogP contribution in [0.2, 0.25) is 0 Å². The monoisotopic (exact) mass is 535 g/mol.